The van der Waals surface area contributed by atoms with Gasteiger partial charge in [0, 0.05) is 56.1 Å². The molecular weight excluding hydrogens is 981 g/mol. The van der Waals surface area contributed by atoms with E-state index in [1.165, 1.54) is 24.3 Å². The molecule has 8 aromatic carbocycles. The predicted molar refractivity (Wildman–Crippen MR) is 309 cm³/mol. The number of aryl methyl sites for hydroxylation is 12. The zero-order valence-corrected chi connectivity index (χ0v) is 46.4. The van der Waals surface area contributed by atoms with Gasteiger partial charge in [0.25, 0.3) is 23.6 Å². The van der Waals surface area contributed by atoms with Crippen molar-refractivity contribution < 1.29 is 32.4 Å². The summed E-state index contributed by atoms with van der Waals surface area (Å²) < 4.78 is 27.2. The first-order chi connectivity index (χ1) is 36.4. The van der Waals surface area contributed by atoms with Crippen LogP contribution in [0.15, 0.2) is 155 Å². The molecule has 0 saturated heterocycles. The van der Waals surface area contributed by atoms with Crippen molar-refractivity contribution in [3.63, 3.8) is 0 Å². The Balaban J connectivity index is 0.000000224. The second-order valence-corrected chi connectivity index (χ2v) is 21.8. The number of carbonyl (C=O) groups excluding carboxylic acids is 5. The zero-order valence-electron chi connectivity index (χ0n) is 45.6. The van der Waals surface area contributed by atoms with Crippen molar-refractivity contribution in [3.8, 4) is 0 Å². The monoisotopic (exact) mass is 1040 g/mol. The standard InChI is InChI=1S/C33H32N2O3.C32H32N2O4S/c1-19-7-13-27(15-23(19)5)32(37)34-29-17-25(11-9-21(29)3)31(36)26-12-10-22(4)30(18-26)35-33(38)28-14-8-20(2)24(6)16-28;1-19-7-11-25(15-23(19)5)31(35)33-29-17-27(13-9-21(29)3)39(37,38)28-14-10-22(4)30(18-28)34-32(36)26-12-8-20(2)24(6)16-26/h7-18H,1-6H3,(H,34,37)(H,35,38);7-18H,1-6H3,(H,33,35)(H,34,36). The average Bonchev–Trinajstić information content (AvgIpc) is 3.40. The van der Waals surface area contributed by atoms with Crippen molar-refractivity contribution in [1.82, 2.24) is 0 Å². The summed E-state index contributed by atoms with van der Waals surface area (Å²) in [5, 5.41) is 11.6. The molecular formula is C65H64N4O7S. The van der Waals surface area contributed by atoms with Gasteiger partial charge in [-0.15, -0.1) is 0 Å². The first-order valence-electron chi connectivity index (χ1n) is 25.2. The largest absolute Gasteiger partial charge is 0.322 e. The van der Waals surface area contributed by atoms with Gasteiger partial charge in [-0.25, -0.2) is 8.42 Å². The van der Waals surface area contributed by atoms with Gasteiger partial charge in [-0.2, -0.15) is 0 Å². The minimum Gasteiger partial charge on any atom is -0.322 e. The second kappa shape index (κ2) is 23.4. The Morgan fingerprint density at radius 2 is 0.481 bits per heavy atom. The molecule has 0 bridgehead atoms. The molecule has 0 aromatic heterocycles. The molecule has 0 spiro atoms. The quantitative estimate of drug-likeness (QED) is 0.0883. The van der Waals surface area contributed by atoms with Crippen molar-refractivity contribution in [2.75, 3.05) is 21.3 Å². The number of amides is 4. The van der Waals surface area contributed by atoms with Crippen molar-refractivity contribution in [2.24, 2.45) is 0 Å². The van der Waals surface area contributed by atoms with Crippen LogP contribution in [0.4, 0.5) is 22.7 Å². The summed E-state index contributed by atoms with van der Waals surface area (Å²) in [6.07, 6.45) is 0. The number of hydrogen-bond acceptors (Lipinski definition) is 7. The van der Waals surface area contributed by atoms with Crippen molar-refractivity contribution in [1.29, 1.82) is 0 Å². The Hall–Kier alpha value is -8.74. The lowest BCUT2D eigenvalue weighted by atomic mass is 9.99. The number of carbonyl (C=O) groups is 5. The molecule has 8 aromatic rings. The zero-order chi connectivity index (χ0) is 56.0. The summed E-state index contributed by atoms with van der Waals surface area (Å²) in [5.41, 5.74) is 16.6. The van der Waals surface area contributed by atoms with E-state index in [0.29, 0.717) is 56.1 Å². The molecule has 0 radical (unpaired) electrons. The van der Waals surface area contributed by atoms with E-state index in [0.717, 1.165) is 66.8 Å². The molecule has 0 aliphatic rings. The average molecular weight is 1050 g/mol. The predicted octanol–water partition coefficient (Wildman–Crippen LogP) is 14.1. The summed E-state index contributed by atoms with van der Waals surface area (Å²) in [4.78, 5) is 65.1. The SMILES string of the molecule is Cc1ccc(C(=O)Nc2cc(C(=O)c3ccc(C)c(NC(=O)c4ccc(C)c(C)c4)c3)ccc2C)cc1C.Cc1ccc(C(=O)Nc2cc(S(=O)(=O)c3ccc(C)c(NC(=O)c4ccc(C)c(C)c4)c3)ccc2C)cc1C. The van der Waals surface area contributed by atoms with Gasteiger partial charge in [-0.05, 0) is 235 Å². The van der Waals surface area contributed by atoms with Gasteiger partial charge in [0.05, 0.1) is 9.79 Å². The normalized spacial score (nSPS) is 11.0. The van der Waals surface area contributed by atoms with Crippen molar-refractivity contribution >= 4 is 62.0 Å². The molecule has 0 unspecified atom stereocenters. The molecule has 0 atom stereocenters. The Morgan fingerprint density at radius 3 is 0.740 bits per heavy atom. The van der Waals surface area contributed by atoms with Crippen LogP contribution in [0.2, 0.25) is 0 Å². The van der Waals surface area contributed by atoms with Gasteiger partial charge in [0.2, 0.25) is 9.84 Å². The van der Waals surface area contributed by atoms with Crippen LogP contribution in [0, 0.1) is 83.1 Å². The molecule has 0 aliphatic carbocycles. The lowest BCUT2D eigenvalue weighted by Crippen LogP contribution is -2.15. The first kappa shape index (κ1) is 56.0. The maximum Gasteiger partial charge on any atom is 0.255 e. The Morgan fingerprint density at radius 1 is 0.260 bits per heavy atom. The third-order valence-electron chi connectivity index (χ3n) is 14.1. The second-order valence-electron chi connectivity index (χ2n) is 19.9. The van der Waals surface area contributed by atoms with Crippen LogP contribution < -0.4 is 21.3 Å². The minimum absolute atomic E-state index is 0.0405. The fourth-order valence-corrected chi connectivity index (χ4v) is 9.53. The van der Waals surface area contributed by atoms with Crippen LogP contribution in [-0.2, 0) is 9.84 Å². The molecule has 12 heteroatoms. The van der Waals surface area contributed by atoms with Crippen LogP contribution in [0.1, 0.15) is 124 Å². The molecule has 4 amide bonds. The summed E-state index contributed by atoms with van der Waals surface area (Å²) >= 11 is 0. The van der Waals surface area contributed by atoms with Crippen molar-refractivity contribution in [3.05, 3.63) is 246 Å². The number of hydrogen-bond donors (Lipinski definition) is 4. The lowest BCUT2D eigenvalue weighted by Gasteiger charge is -2.14. The van der Waals surface area contributed by atoms with Crippen LogP contribution in [0.5, 0.6) is 0 Å². The summed E-state index contributed by atoms with van der Waals surface area (Å²) in [7, 11) is -3.95. The minimum atomic E-state index is -3.95. The third-order valence-corrected chi connectivity index (χ3v) is 15.9. The number of sulfone groups is 1. The van der Waals surface area contributed by atoms with E-state index in [4.69, 9.17) is 0 Å². The van der Waals surface area contributed by atoms with Gasteiger partial charge in [0.15, 0.2) is 5.78 Å². The maximum absolute atomic E-state index is 13.6. The number of nitrogens with one attached hydrogen (secondary N) is 4. The molecule has 8 rings (SSSR count). The highest BCUT2D eigenvalue weighted by atomic mass is 32.2. The first-order valence-corrected chi connectivity index (χ1v) is 26.6. The molecule has 11 nitrogen and oxygen atoms in total. The number of ketones is 1. The molecule has 0 aliphatic heterocycles. The van der Waals surface area contributed by atoms with Gasteiger partial charge >= 0.3 is 0 Å². The third kappa shape index (κ3) is 13.2. The van der Waals surface area contributed by atoms with Crippen LogP contribution >= 0.6 is 0 Å². The van der Waals surface area contributed by atoms with E-state index < -0.39 is 9.84 Å². The van der Waals surface area contributed by atoms with Gasteiger partial charge in [-0.3, -0.25) is 24.0 Å². The Bertz CT molecular complexity index is 3560. The highest BCUT2D eigenvalue weighted by molar-refractivity contribution is 7.91. The summed E-state index contributed by atoms with van der Waals surface area (Å²) in [6.45, 7) is 23.1. The Labute approximate surface area is 452 Å². The van der Waals surface area contributed by atoms with E-state index >= 15 is 0 Å². The molecule has 0 fully saturated rings. The lowest BCUT2D eigenvalue weighted by molar-refractivity contribution is 0.101. The van der Waals surface area contributed by atoms with Crippen LogP contribution in [0.3, 0.4) is 0 Å². The summed E-state index contributed by atoms with van der Waals surface area (Å²) in [6, 6.07) is 41.8. The molecule has 77 heavy (non-hydrogen) atoms. The molecule has 0 heterocycles. The summed E-state index contributed by atoms with van der Waals surface area (Å²) in [5.74, 6) is -1.29. The Kier molecular flexibility index (Phi) is 17.0. The number of rotatable bonds is 12. The highest BCUT2D eigenvalue weighted by Crippen LogP contribution is 2.30. The van der Waals surface area contributed by atoms with E-state index in [1.807, 2.05) is 118 Å². The van der Waals surface area contributed by atoms with Crippen LogP contribution in [-0.4, -0.2) is 37.8 Å². The molecule has 392 valence electrons. The fourth-order valence-electron chi connectivity index (χ4n) is 8.21. The fraction of sp³-hybridized carbons (Fsp3) is 0.185. The molecule has 4 N–H and O–H groups in total. The van der Waals surface area contributed by atoms with E-state index in [-0.39, 0.29) is 39.2 Å². The van der Waals surface area contributed by atoms with Crippen LogP contribution in [0.25, 0.3) is 0 Å². The number of benzene rings is 8. The van der Waals surface area contributed by atoms with Gasteiger partial charge < -0.3 is 21.3 Å². The maximum atomic E-state index is 13.6. The molecule has 0 saturated carbocycles. The topological polar surface area (TPSA) is 168 Å². The van der Waals surface area contributed by atoms with Gasteiger partial charge in [-0.1, -0.05) is 60.7 Å². The van der Waals surface area contributed by atoms with E-state index in [2.05, 4.69) is 21.3 Å². The van der Waals surface area contributed by atoms with E-state index in [1.54, 1.807) is 86.6 Å². The van der Waals surface area contributed by atoms with E-state index in [9.17, 15) is 32.4 Å². The van der Waals surface area contributed by atoms with Crippen molar-refractivity contribution in [2.45, 2.75) is 92.9 Å². The smallest absolute Gasteiger partial charge is 0.255 e. The highest BCUT2D eigenvalue weighted by Gasteiger charge is 2.22. The number of anilines is 4. The van der Waals surface area contributed by atoms with Gasteiger partial charge in [0.1, 0.15) is 0 Å².